The summed E-state index contributed by atoms with van der Waals surface area (Å²) in [7, 11) is 1.56. The van der Waals surface area contributed by atoms with Crippen LogP contribution in [0.2, 0.25) is 0 Å². The summed E-state index contributed by atoms with van der Waals surface area (Å²) >= 11 is 1.37. The van der Waals surface area contributed by atoms with Crippen molar-refractivity contribution in [3.8, 4) is 16.6 Å². The van der Waals surface area contributed by atoms with Gasteiger partial charge in [-0.3, -0.25) is 4.79 Å². The lowest BCUT2D eigenvalue weighted by Crippen LogP contribution is -2.23. The van der Waals surface area contributed by atoms with Crippen LogP contribution in [0.3, 0.4) is 0 Å². The van der Waals surface area contributed by atoms with Gasteiger partial charge in [-0.25, -0.2) is 9.97 Å². The molecule has 0 saturated carbocycles. The van der Waals surface area contributed by atoms with E-state index in [0.717, 1.165) is 5.56 Å². The second-order valence-corrected chi connectivity index (χ2v) is 5.26. The minimum atomic E-state index is -0.232. The van der Waals surface area contributed by atoms with Crippen molar-refractivity contribution in [2.75, 3.05) is 7.11 Å². The molecule has 0 fully saturated rings. The van der Waals surface area contributed by atoms with Gasteiger partial charge in [-0.1, -0.05) is 6.07 Å². The highest BCUT2D eigenvalue weighted by Crippen LogP contribution is 2.23. The molecule has 0 bridgehead atoms. The van der Waals surface area contributed by atoms with E-state index in [0.29, 0.717) is 28.9 Å². The van der Waals surface area contributed by atoms with Gasteiger partial charge in [-0.05, 0) is 17.7 Å². The number of nitrogens with zero attached hydrogens (tertiary/aromatic N) is 2. The summed E-state index contributed by atoms with van der Waals surface area (Å²) < 4.78 is 10.2. The van der Waals surface area contributed by atoms with Gasteiger partial charge in [0, 0.05) is 24.2 Å². The Bertz CT molecular complexity index is 751. The van der Waals surface area contributed by atoms with E-state index in [4.69, 9.17) is 9.15 Å². The molecule has 0 saturated heterocycles. The topological polar surface area (TPSA) is 77.2 Å². The molecule has 3 aromatic heterocycles. The van der Waals surface area contributed by atoms with Gasteiger partial charge in [0.2, 0.25) is 5.88 Å². The summed E-state index contributed by atoms with van der Waals surface area (Å²) in [5.41, 5.74) is 1.26. The first-order chi connectivity index (χ1) is 10.8. The van der Waals surface area contributed by atoms with Gasteiger partial charge in [-0.15, -0.1) is 11.3 Å². The second-order valence-electron chi connectivity index (χ2n) is 4.41. The van der Waals surface area contributed by atoms with Crippen molar-refractivity contribution in [3.05, 3.63) is 53.4 Å². The SMILES string of the molecule is COc1ccc(CNC(=O)c2csc(-c3ccco3)n2)cn1. The first-order valence-electron chi connectivity index (χ1n) is 6.53. The summed E-state index contributed by atoms with van der Waals surface area (Å²) in [6.07, 6.45) is 3.24. The van der Waals surface area contributed by atoms with Crippen molar-refractivity contribution in [2.45, 2.75) is 6.54 Å². The quantitative estimate of drug-likeness (QED) is 0.783. The molecule has 0 unspecified atom stereocenters. The number of aromatic nitrogens is 2. The summed E-state index contributed by atoms with van der Waals surface area (Å²) in [5.74, 6) is 0.964. The van der Waals surface area contributed by atoms with E-state index >= 15 is 0 Å². The highest BCUT2D eigenvalue weighted by Gasteiger charge is 2.13. The lowest BCUT2D eigenvalue weighted by Gasteiger charge is -2.04. The Morgan fingerprint density at radius 3 is 3.00 bits per heavy atom. The molecule has 1 N–H and O–H groups in total. The molecule has 1 amide bonds. The molecule has 3 heterocycles. The molecule has 3 rings (SSSR count). The highest BCUT2D eigenvalue weighted by atomic mass is 32.1. The molecule has 0 spiro atoms. The monoisotopic (exact) mass is 315 g/mol. The van der Waals surface area contributed by atoms with E-state index in [1.165, 1.54) is 11.3 Å². The lowest BCUT2D eigenvalue weighted by atomic mass is 10.3. The number of amides is 1. The van der Waals surface area contributed by atoms with Crippen LogP contribution >= 0.6 is 11.3 Å². The van der Waals surface area contributed by atoms with Crippen LogP contribution < -0.4 is 10.1 Å². The fraction of sp³-hybridized carbons (Fsp3) is 0.133. The summed E-state index contributed by atoms with van der Waals surface area (Å²) in [6, 6.07) is 7.19. The molecule has 22 heavy (non-hydrogen) atoms. The molecule has 112 valence electrons. The van der Waals surface area contributed by atoms with Gasteiger partial charge in [0.15, 0.2) is 10.8 Å². The van der Waals surface area contributed by atoms with Crippen molar-refractivity contribution >= 4 is 17.2 Å². The lowest BCUT2D eigenvalue weighted by molar-refractivity contribution is 0.0946. The maximum Gasteiger partial charge on any atom is 0.271 e. The number of nitrogens with one attached hydrogen (secondary N) is 1. The van der Waals surface area contributed by atoms with Crippen LogP contribution in [0.25, 0.3) is 10.8 Å². The van der Waals surface area contributed by atoms with Gasteiger partial charge >= 0.3 is 0 Å². The van der Waals surface area contributed by atoms with E-state index in [1.54, 1.807) is 37.1 Å². The number of furan rings is 1. The first-order valence-corrected chi connectivity index (χ1v) is 7.41. The third-order valence-electron chi connectivity index (χ3n) is 2.93. The Morgan fingerprint density at radius 2 is 2.32 bits per heavy atom. The van der Waals surface area contributed by atoms with Gasteiger partial charge in [0.05, 0.1) is 13.4 Å². The number of ether oxygens (including phenoxy) is 1. The van der Waals surface area contributed by atoms with Crippen LogP contribution in [0.4, 0.5) is 0 Å². The van der Waals surface area contributed by atoms with Crippen molar-refractivity contribution in [2.24, 2.45) is 0 Å². The largest absolute Gasteiger partial charge is 0.481 e. The Morgan fingerprint density at radius 1 is 1.41 bits per heavy atom. The van der Waals surface area contributed by atoms with Gasteiger partial charge in [0.25, 0.3) is 5.91 Å². The van der Waals surface area contributed by atoms with E-state index in [1.807, 2.05) is 12.1 Å². The summed E-state index contributed by atoms with van der Waals surface area (Å²) in [4.78, 5) is 20.4. The smallest absolute Gasteiger partial charge is 0.271 e. The molecule has 6 nitrogen and oxygen atoms in total. The Hall–Kier alpha value is -2.67. The molecule has 0 aliphatic carbocycles. The summed E-state index contributed by atoms with van der Waals surface area (Å²) in [5, 5.41) is 5.19. The Balaban J connectivity index is 1.62. The average Bonchev–Trinajstić information content (AvgIpc) is 3.23. The van der Waals surface area contributed by atoms with E-state index < -0.39 is 0 Å². The van der Waals surface area contributed by atoms with Crippen LogP contribution in [0.1, 0.15) is 16.1 Å². The van der Waals surface area contributed by atoms with Crippen molar-refractivity contribution < 1.29 is 13.9 Å². The number of methoxy groups -OCH3 is 1. The van der Waals surface area contributed by atoms with E-state index in [2.05, 4.69) is 15.3 Å². The van der Waals surface area contributed by atoms with Crippen molar-refractivity contribution in [1.29, 1.82) is 0 Å². The zero-order chi connectivity index (χ0) is 15.4. The minimum Gasteiger partial charge on any atom is -0.481 e. The number of thiazole rings is 1. The molecule has 0 atom stereocenters. The number of hydrogen-bond acceptors (Lipinski definition) is 6. The normalized spacial score (nSPS) is 10.4. The van der Waals surface area contributed by atoms with Crippen LogP contribution in [-0.2, 0) is 6.54 Å². The predicted molar refractivity (Wildman–Crippen MR) is 81.8 cm³/mol. The van der Waals surface area contributed by atoms with Crippen molar-refractivity contribution in [1.82, 2.24) is 15.3 Å². The Kier molecular flexibility index (Phi) is 4.15. The van der Waals surface area contributed by atoms with E-state index in [-0.39, 0.29) is 5.91 Å². The van der Waals surface area contributed by atoms with Crippen LogP contribution in [0.15, 0.2) is 46.5 Å². The molecule has 3 aromatic rings. The molecule has 0 aliphatic heterocycles. The van der Waals surface area contributed by atoms with Crippen molar-refractivity contribution in [3.63, 3.8) is 0 Å². The summed E-state index contributed by atoms with van der Waals surface area (Å²) in [6.45, 7) is 0.378. The van der Waals surface area contributed by atoms with Crippen LogP contribution in [0, 0.1) is 0 Å². The highest BCUT2D eigenvalue weighted by molar-refractivity contribution is 7.13. The van der Waals surface area contributed by atoms with Gasteiger partial charge in [0.1, 0.15) is 5.69 Å². The number of hydrogen-bond donors (Lipinski definition) is 1. The van der Waals surface area contributed by atoms with Crippen LogP contribution in [0.5, 0.6) is 5.88 Å². The predicted octanol–water partition coefficient (Wildman–Crippen LogP) is 2.74. The zero-order valence-electron chi connectivity index (χ0n) is 11.8. The maximum atomic E-state index is 12.1. The molecule has 0 aromatic carbocycles. The minimum absolute atomic E-state index is 0.232. The number of rotatable bonds is 5. The standard InChI is InChI=1S/C15H13N3O3S/c1-20-13-5-4-10(7-16-13)8-17-14(19)11-9-22-15(18-11)12-3-2-6-21-12/h2-7,9H,8H2,1H3,(H,17,19). The van der Waals surface area contributed by atoms with Gasteiger partial charge in [-0.2, -0.15) is 0 Å². The third-order valence-corrected chi connectivity index (χ3v) is 3.79. The fourth-order valence-corrected chi connectivity index (χ4v) is 2.57. The van der Waals surface area contributed by atoms with Gasteiger partial charge < -0.3 is 14.5 Å². The molecule has 0 radical (unpaired) electrons. The zero-order valence-corrected chi connectivity index (χ0v) is 12.6. The Labute approximate surface area is 130 Å². The number of carbonyl (C=O) groups excluding carboxylic acids is 1. The number of pyridine rings is 1. The molecule has 7 heteroatoms. The molecular formula is C15H13N3O3S. The fourth-order valence-electron chi connectivity index (χ4n) is 1.80. The average molecular weight is 315 g/mol. The first kappa shape index (κ1) is 14.3. The second kappa shape index (κ2) is 6.40. The third kappa shape index (κ3) is 3.15. The van der Waals surface area contributed by atoms with E-state index in [9.17, 15) is 4.79 Å². The molecular weight excluding hydrogens is 302 g/mol. The van der Waals surface area contributed by atoms with Crippen LogP contribution in [-0.4, -0.2) is 23.0 Å². The maximum absolute atomic E-state index is 12.1. The number of carbonyl (C=O) groups is 1. The molecule has 0 aliphatic rings.